The van der Waals surface area contributed by atoms with Crippen molar-refractivity contribution in [2.45, 2.75) is 0 Å². The van der Waals surface area contributed by atoms with Gasteiger partial charge in [-0.1, -0.05) is 30.9 Å². The molecule has 0 bridgehead atoms. The highest BCUT2D eigenvalue weighted by Gasteiger charge is 2.19. The fourth-order valence-corrected chi connectivity index (χ4v) is 1.83. The fraction of sp³-hybridized carbons (Fsp3) is 0.182. The highest BCUT2D eigenvalue weighted by Crippen LogP contribution is 2.11. The summed E-state index contributed by atoms with van der Waals surface area (Å²) in [7, 11) is -3.97. The number of ether oxygens (including phenoxy) is 1. The van der Waals surface area contributed by atoms with Gasteiger partial charge in [0.05, 0.1) is 0 Å². The highest BCUT2D eigenvalue weighted by atomic mass is 32.2. The molecular formula is C11H12O5S. The zero-order valence-corrected chi connectivity index (χ0v) is 9.85. The topological polar surface area (TPSA) is 69.7 Å². The monoisotopic (exact) mass is 256 g/mol. The zero-order chi connectivity index (χ0) is 12.7. The van der Waals surface area contributed by atoms with Gasteiger partial charge in [0, 0.05) is 0 Å². The molecule has 0 aliphatic heterocycles. The van der Waals surface area contributed by atoms with E-state index in [0.29, 0.717) is 0 Å². The average molecular weight is 256 g/mol. The normalized spacial score (nSPS) is 10.6. The molecule has 0 fully saturated rings. The smallest absolute Gasteiger partial charge is 0.325 e. The van der Waals surface area contributed by atoms with Crippen molar-refractivity contribution in [1.29, 1.82) is 0 Å². The van der Waals surface area contributed by atoms with Crippen LogP contribution in [0.25, 0.3) is 0 Å². The SMILES string of the molecule is C=CCOC(=O)CS(=O)(=O)Oc1ccccc1. The van der Waals surface area contributed by atoms with E-state index in [2.05, 4.69) is 11.3 Å². The number of benzene rings is 1. The molecule has 1 aromatic rings. The maximum absolute atomic E-state index is 11.4. The standard InChI is InChI=1S/C11H12O5S/c1-2-8-15-11(12)9-17(13,14)16-10-6-4-3-5-7-10/h2-7H,1,8-9H2. The van der Waals surface area contributed by atoms with Crippen LogP contribution < -0.4 is 4.18 Å². The summed E-state index contributed by atoms with van der Waals surface area (Å²) in [5.74, 6) is -1.54. The predicted molar refractivity (Wildman–Crippen MR) is 62.0 cm³/mol. The number of carbonyl (C=O) groups is 1. The first kappa shape index (κ1) is 13.2. The van der Waals surface area contributed by atoms with Crippen molar-refractivity contribution in [2.24, 2.45) is 0 Å². The maximum Gasteiger partial charge on any atom is 0.325 e. The molecule has 0 saturated heterocycles. The highest BCUT2D eigenvalue weighted by molar-refractivity contribution is 7.87. The second-order valence-electron chi connectivity index (χ2n) is 3.07. The minimum atomic E-state index is -3.97. The molecule has 6 heteroatoms. The van der Waals surface area contributed by atoms with Crippen LogP contribution in [-0.2, 0) is 19.6 Å². The Bertz CT molecular complexity index is 478. The van der Waals surface area contributed by atoms with E-state index in [1.165, 1.54) is 18.2 Å². The molecule has 0 aromatic heterocycles. The van der Waals surface area contributed by atoms with Crippen LogP contribution in [0.5, 0.6) is 5.75 Å². The van der Waals surface area contributed by atoms with Crippen LogP contribution in [-0.4, -0.2) is 26.7 Å². The van der Waals surface area contributed by atoms with Gasteiger partial charge in [0.25, 0.3) is 0 Å². The Labute approximate surface area is 99.8 Å². The Kier molecular flexibility index (Phi) is 4.71. The molecule has 5 nitrogen and oxygen atoms in total. The lowest BCUT2D eigenvalue weighted by molar-refractivity contribution is -0.139. The fourth-order valence-electron chi connectivity index (χ4n) is 0.990. The first-order valence-electron chi connectivity index (χ1n) is 4.77. The van der Waals surface area contributed by atoms with E-state index < -0.39 is 21.8 Å². The van der Waals surface area contributed by atoms with Crippen molar-refractivity contribution in [2.75, 3.05) is 12.4 Å². The Balaban J connectivity index is 2.58. The van der Waals surface area contributed by atoms with Gasteiger partial charge >= 0.3 is 16.1 Å². The Morgan fingerprint density at radius 1 is 1.29 bits per heavy atom. The molecule has 17 heavy (non-hydrogen) atoms. The van der Waals surface area contributed by atoms with Crippen molar-refractivity contribution in [3.05, 3.63) is 43.0 Å². The van der Waals surface area contributed by atoms with Crippen LogP contribution in [0.4, 0.5) is 0 Å². The van der Waals surface area contributed by atoms with Crippen LogP contribution in [0, 0.1) is 0 Å². The largest absolute Gasteiger partial charge is 0.461 e. The molecule has 0 atom stereocenters. The van der Waals surface area contributed by atoms with E-state index in [1.807, 2.05) is 0 Å². The van der Waals surface area contributed by atoms with Crippen molar-refractivity contribution in [1.82, 2.24) is 0 Å². The molecule has 0 aliphatic carbocycles. The summed E-state index contributed by atoms with van der Waals surface area (Å²) in [4.78, 5) is 11.1. The second kappa shape index (κ2) is 6.05. The van der Waals surface area contributed by atoms with Crippen molar-refractivity contribution in [3.8, 4) is 5.75 Å². The molecular weight excluding hydrogens is 244 g/mol. The van der Waals surface area contributed by atoms with Gasteiger partial charge in [0.15, 0.2) is 5.75 Å². The van der Waals surface area contributed by atoms with E-state index in [1.54, 1.807) is 18.2 Å². The minimum Gasteiger partial charge on any atom is -0.461 e. The van der Waals surface area contributed by atoms with Gasteiger partial charge in [0.2, 0.25) is 0 Å². The van der Waals surface area contributed by atoms with Gasteiger partial charge in [-0.2, -0.15) is 8.42 Å². The van der Waals surface area contributed by atoms with Crippen molar-refractivity contribution in [3.63, 3.8) is 0 Å². The predicted octanol–water partition coefficient (Wildman–Crippen LogP) is 1.12. The summed E-state index contributed by atoms with van der Waals surface area (Å²) in [6.07, 6.45) is 1.35. The number of rotatable bonds is 6. The van der Waals surface area contributed by atoms with Gasteiger partial charge in [-0.25, -0.2) is 0 Å². The van der Waals surface area contributed by atoms with Gasteiger partial charge in [-0.15, -0.1) is 0 Å². The number of hydrogen-bond donors (Lipinski definition) is 0. The third-order valence-corrected chi connectivity index (χ3v) is 2.66. The summed E-state index contributed by atoms with van der Waals surface area (Å²) >= 11 is 0. The minimum absolute atomic E-state index is 0.0281. The molecule has 0 amide bonds. The van der Waals surface area contributed by atoms with Gasteiger partial charge in [-0.3, -0.25) is 4.79 Å². The summed E-state index contributed by atoms with van der Waals surface area (Å²) in [6, 6.07) is 7.93. The molecule has 1 rings (SSSR count). The molecule has 0 aliphatic rings. The number of hydrogen-bond acceptors (Lipinski definition) is 5. The maximum atomic E-state index is 11.4. The molecule has 0 saturated carbocycles. The van der Waals surface area contributed by atoms with E-state index in [9.17, 15) is 13.2 Å². The van der Waals surface area contributed by atoms with Gasteiger partial charge in [-0.05, 0) is 12.1 Å². The van der Waals surface area contributed by atoms with E-state index in [4.69, 9.17) is 4.18 Å². The summed E-state index contributed by atoms with van der Waals surface area (Å²) in [5.41, 5.74) is 0. The van der Waals surface area contributed by atoms with Crippen molar-refractivity contribution < 1.29 is 22.1 Å². The zero-order valence-electron chi connectivity index (χ0n) is 9.03. The number of carbonyl (C=O) groups excluding carboxylic acids is 1. The summed E-state index contributed by atoms with van der Waals surface area (Å²) in [6.45, 7) is 3.31. The quantitative estimate of drug-likeness (QED) is 0.433. The lowest BCUT2D eigenvalue weighted by Crippen LogP contribution is -2.22. The lowest BCUT2D eigenvalue weighted by Gasteiger charge is -2.06. The van der Waals surface area contributed by atoms with Gasteiger partial charge < -0.3 is 8.92 Å². The van der Waals surface area contributed by atoms with Gasteiger partial charge in [0.1, 0.15) is 12.4 Å². The first-order chi connectivity index (χ1) is 8.03. The molecule has 0 N–H and O–H groups in total. The lowest BCUT2D eigenvalue weighted by atomic mass is 10.3. The van der Waals surface area contributed by atoms with Crippen LogP contribution in [0.1, 0.15) is 0 Å². The van der Waals surface area contributed by atoms with E-state index >= 15 is 0 Å². The summed E-state index contributed by atoms with van der Waals surface area (Å²) < 4.78 is 32.1. The molecule has 92 valence electrons. The second-order valence-corrected chi connectivity index (χ2v) is 4.64. The van der Waals surface area contributed by atoms with Crippen LogP contribution in [0.3, 0.4) is 0 Å². The van der Waals surface area contributed by atoms with E-state index in [0.717, 1.165) is 0 Å². The Hall–Kier alpha value is -1.82. The first-order valence-corrected chi connectivity index (χ1v) is 6.35. The van der Waals surface area contributed by atoms with Crippen LogP contribution in [0.15, 0.2) is 43.0 Å². The summed E-state index contributed by atoms with van der Waals surface area (Å²) in [5, 5.41) is 0. The average Bonchev–Trinajstić information content (AvgIpc) is 2.26. The Morgan fingerprint density at radius 3 is 2.53 bits per heavy atom. The third kappa shape index (κ3) is 5.17. The molecule has 0 unspecified atom stereocenters. The van der Waals surface area contributed by atoms with E-state index in [-0.39, 0.29) is 12.4 Å². The third-order valence-electron chi connectivity index (χ3n) is 1.62. The molecule has 1 aromatic carbocycles. The van der Waals surface area contributed by atoms with Crippen LogP contribution >= 0.6 is 0 Å². The number of para-hydroxylation sites is 1. The van der Waals surface area contributed by atoms with Crippen molar-refractivity contribution >= 4 is 16.1 Å². The number of esters is 1. The van der Waals surface area contributed by atoms with Crippen LogP contribution in [0.2, 0.25) is 0 Å². The molecule has 0 radical (unpaired) electrons. The Morgan fingerprint density at radius 2 is 1.94 bits per heavy atom. The molecule has 0 heterocycles. The molecule has 0 spiro atoms.